The zero-order valence-corrected chi connectivity index (χ0v) is 12.0. The number of hydrogen-bond donors (Lipinski definition) is 1. The average molecular weight is 285 g/mol. The van der Waals surface area contributed by atoms with Gasteiger partial charge in [0.2, 0.25) is 10.0 Å². The van der Waals surface area contributed by atoms with Crippen LogP contribution in [0.5, 0.6) is 5.75 Å². The Hall–Kier alpha value is -1.11. The summed E-state index contributed by atoms with van der Waals surface area (Å²) in [4.78, 5) is 0.135. The summed E-state index contributed by atoms with van der Waals surface area (Å²) in [5, 5.41) is 9.16. The molecule has 0 aromatic heterocycles. The van der Waals surface area contributed by atoms with Crippen LogP contribution >= 0.6 is 0 Å². The van der Waals surface area contributed by atoms with Gasteiger partial charge in [0.15, 0.2) is 0 Å². The lowest BCUT2D eigenvalue weighted by atomic mass is 10.2. The number of aliphatic hydroxyl groups excluding tert-OH is 1. The smallest absolute Gasteiger partial charge is 0.247 e. The van der Waals surface area contributed by atoms with Gasteiger partial charge in [-0.2, -0.15) is 4.31 Å². The predicted molar refractivity (Wildman–Crippen MR) is 71.5 cm³/mol. The van der Waals surface area contributed by atoms with Crippen LogP contribution in [0.4, 0.5) is 0 Å². The van der Waals surface area contributed by atoms with Gasteiger partial charge in [0, 0.05) is 12.6 Å². The molecule has 1 aliphatic carbocycles. The summed E-state index contributed by atoms with van der Waals surface area (Å²) in [6.45, 7) is 2.08. The van der Waals surface area contributed by atoms with Crippen molar-refractivity contribution in [2.24, 2.45) is 0 Å². The van der Waals surface area contributed by atoms with E-state index < -0.39 is 10.0 Å². The molecule has 1 aromatic carbocycles. The van der Waals surface area contributed by atoms with Gasteiger partial charge in [0.1, 0.15) is 10.6 Å². The molecule has 0 atom stereocenters. The van der Waals surface area contributed by atoms with Crippen molar-refractivity contribution in [2.45, 2.75) is 37.3 Å². The van der Waals surface area contributed by atoms with Crippen LogP contribution in [0, 0.1) is 0 Å². The summed E-state index contributed by atoms with van der Waals surface area (Å²) in [5.74, 6) is 0.316. The first kappa shape index (κ1) is 14.3. The summed E-state index contributed by atoms with van der Waals surface area (Å²) in [6, 6.07) is 4.83. The molecule has 1 aliphatic rings. The minimum absolute atomic E-state index is 0.109. The molecule has 0 heterocycles. The molecule has 1 aromatic rings. The number of rotatable bonds is 6. The molecule has 0 aliphatic heterocycles. The zero-order chi connectivity index (χ0) is 14.0. The molecule has 0 bridgehead atoms. The van der Waals surface area contributed by atoms with E-state index in [2.05, 4.69) is 0 Å². The molecular weight excluding hydrogens is 266 g/mol. The van der Waals surface area contributed by atoms with Crippen LogP contribution in [0.15, 0.2) is 23.1 Å². The predicted octanol–water partition coefficient (Wildman–Crippen LogP) is 1.36. The third kappa shape index (κ3) is 2.75. The van der Waals surface area contributed by atoms with E-state index in [-0.39, 0.29) is 17.5 Å². The van der Waals surface area contributed by atoms with Gasteiger partial charge in [-0.3, -0.25) is 0 Å². The molecule has 19 heavy (non-hydrogen) atoms. The Labute approximate surface area is 113 Å². The third-order valence-electron chi connectivity index (χ3n) is 3.26. The highest BCUT2D eigenvalue weighted by atomic mass is 32.2. The van der Waals surface area contributed by atoms with Crippen LogP contribution in [0.25, 0.3) is 0 Å². The first-order chi connectivity index (χ1) is 9.04. The Morgan fingerprint density at radius 2 is 2.11 bits per heavy atom. The highest BCUT2D eigenvalue weighted by Crippen LogP contribution is 2.35. The molecule has 0 radical (unpaired) electrons. The van der Waals surface area contributed by atoms with Crippen molar-refractivity contribution < 1.29 is 18.3 Å². The van der Waals surface area contributed by atoms with Crippen LogP contribution < -0.4 is 4.74 Å². The quantitative estimate of drug-likeness (QED) is 0.857. The SMILES string of the molecule is CCN(C1CC1)S(=O)(=O)c1cc(CO)ccc1OC. The van der Waals surface area contributed by atoms with Gasteiger partial charge < -0.3 is 9.84 Å². The minimum Gasteiger partial charge on any atom is -0.495 e. The Morgan fingerprint density at radius 1 is 1.42 bits per heavy atom. The Kier molecular flexibility index (Phi) is 4.13. The van der Waals surface area contributed by atoms with Gasteiger partial charge in [-0.15, -0.1) is 0 Å². The van der Waals surface area contributed by atoms with E-state index in [0.29, 0.717) is 17.9 Å². The summed E-state index contributed by atoms with van der Waals surface area (Å²) < 4.78 is 32.0. The number of benzene rings is 1. The van der Waals surface area contributed by atoms with Crippen molar-refractivity contribution in [3.05, 3.63) is 23.8 Å². The molecule has 0 unspecified atom stereocenters. The molecule has 1 N–H and O–H groups in total. The van der Waals surface area contributed by atoms with E-state index in [1.54, 1.807) is 12.1 Å². The maximum Gasteiger partial charge on any atom is 0.247 e. The first-order valence-corrected chi connectivity index (χ1v) is 7.78. The first-order valence-electron chi connectivity index (χ1n) is 6.34. The Bertz CT molecular complexity index is 552. The molecular formula is C13H19NO4S. The normalized spacial score (nSPS) is 15.8. The van der Waals surface area contributed by atoms with E-state index in [9.17, 15) is 8.42 Å². The van der Waals surface area contributed by atoms with Crippen LogP contribution in [0.2, 0.25) is 0 Å². The topological polar surface area (TPSA) is 66.8 Å². The standard InChI is InChI=1S/C13H19NO4S/c1-3-14(11-5-6-11)19(16,17)13-8-10(9-15)4-7-12(13)18-2/h4,7-8,11,15H,3,5-6,9H2,1-2H3. The lowest BCUT2D eigenvalue weighted by Gasteiger charge is -2.21. The van der Waals surface area contributed by atoms with E-state index in [1.165, 1.54) is 17.5 Å². The molecule has 5 nitrogen and oxygen atoms in total. The second-order valence-corrected chi connectivity index (χ2v) is 6.44. The highest BCUT2D eigenvalue weighted by molar-refractivity contribution is 7.89. The number of methoxy groups -OCH3 is 1. The second kappa shape index (κ2) is 5.48. The van der Waals surface area contributed by atoms with Gasteiger partial charge in [-0.25, -0.2) is 8.42 Å². The molecule has 0 saturated heterocycles. The lowest BCUT2D eigenvalue weighted by molar-refractivity contribution is 0.281. The van der Waals surface area contributed by atoms with Crippen molar-refractivity contribution in [3.8, 4) is 5.75 Å². The van der Waals surface area contributed by atoms with E-state index in [1.807, 2.05) is 6.92 Å². The number of ether oxygens (including phenoxy) is 1. The maximum absolute atomic E-state index is 12.7. The zero-order valence-electron chi connectivity index (χ0n) is 11.2. The van der Waals surface area contributed by atoms with E-state index in [4.69, 9.17) is 9.84 Å². The molecule has 0 spiro atoms. The van der Waals surface area contributed by atoms with Crippen molar-refractivity contribution in [3.63, 3.8) is 0 Å². The van der Waals surface area contributed by atoms with Gasteiger partial charge in [-0.05, 0) is 30.5 Å². The van der Waals surface area contributed by atoms with E-state index in [0.717, 1.165) is 12.8 Å². The maximum atomic E-state index is 12.7. The van der Waals surface area contributed by atoms with Crippen molar-refractivity contribution in [1.82, 2.24) is 4.31 Å². The highest BCUT2D eigenvalue weighted by Gasteiger charge is 2.38. The molecule has 1 saturated carbocycles. The molecule has 6 heteroatoms. The Morgan fingerprint density at radius 3 is 2.58 bits per heavy atom. The van der Waals surface area contributed by atoms with Crippen molar-refractivity contribution >= 4 is 10.0 Å². The van der Waals surface area contributed by atoms with E-state index >= 15 is 0 Å². The van der Waals surface area contributed by atoms with Gasteiger partial charge in [0.05, 0.1) is 13.7 Å². The van der Waals surface area contributed by atoms with Crippen LogP contribution in [0.1, 0.15) is 25.3 Å². The average Bonchev–Trinajstić information content (AvgIpc) is 3.23. The van der Waals surface area contributed by atoms with Gasteiger partial charge in [0.25, 0.3) is 0 Å². The van der Waals surface area contributed by atoms with Gasteiger partial charge >= 0.3 is 0 Å². The fourth-order valence-electron chi connectivity index (χ4n) is 2.13. The van der Waals surface area contributed by atoms with Crippen LogP contribution in [0.3, 0.4) is 0 Å². The number of aliphatic hydroxyl groups is 1. The van der Waals surface area contributed by atoms with Crippen LogP contribution in [-0.4, -0.2) is 37.5 Å². The summed E-state index contributed by atoms with van der Waals surface area (Å²) >= 11 is 0. The molecule has 106 valence electrons. The van der Waals surface area contributed by atoms with Gasteiger partial charge in [-0.1, -0.05) is 13.0 Å². The monoisotopic (exact) mass is 285 g/mol. The number of nitrogens with zero attached hydrogens (tertiary/aromatic N) is 1. The minimum atomic E-state index is -3.57. The molecule has 2 rings (SSSR count). The second-order valence-electron chi connectivity index (χ2n) is 4.58. The van der Waals surface area contributed by atoms with Crippen molar-refractivity contribution in [1.29, 1.82) is 0 Å². The third-order valence-corrected chi connectivity index (χ3v) is 5.31. The summed E-state index contributed by atoms with van der Waals surface area (Å²) in [7, 11) is -2.12. The Balaban J connectivity index is 2.48. The largest absolute Gasteiger partial charge is 0.495 e. The number of sulfonamides is 1. The fourth-order valence-corrected chi connectivity index (χ4v) is 4.04. The number of hydrogen-bond acceptors (Lipinski definition) is 4. The molecule has 0 amide bonds. The lowest BCUT2D eigenvalue weighted by Crippen LogP contribution is -2.33. The van der Waals surface area contributed by atoms with Crippen molar-refractivity contribution in [2.75, 3.05) is 13.7 Å². The molecule has 1 fully saturated rings. The summed E-state index contributed by atoms with van der Waals surface area (Å²) in [6.07, 6.45) is 1.82. The summed E-state index contributed by atoms with van der Waals surface area (Å²) in [5.41, 5.74) is 0.561. The fraction of sp³-hybridized carbons (Fsp3) is 0.538. The van der Waals surface area contributed by atoms with Crippen LogP contribution in [-0.2, 0) is 16.6 Å².